The summed E-state index contributed by atoms with van der Waals surface area (Å²) in [5, 5.41) is 1.24. The van der Waals surface area contributed by atoms with E-state index in [9.17, 15) is 0 Å². The van der Waals surface area contributed by atoms with Gasteiger partial charge < -0.3 is 4.42 Å². The van der Waals surface area contributed by atoms with E-state index in [0.717, 1.165) is 11.1 Å². The molecular weight excluding hydrogens is 207 g/mol. The van der Waals surface area contributed by atoms with E-state index in [-0.39, 0.29) is 0 Å². The third kappa shape index (κ3) is 1.71. The zero-order chi connectivity index (χ0) is 9.26. The van der Waals surface area contributed by atoms with E-state index < -0.39 is 0 Å². The predicted molar refractivity (Wildman–Crippen MR) is 53.0 cm³/mol. The van der Waals surface area contributed by atoms with E-state index in [1.54, 1.807) is 24.5 Å². The van der Waals surface area contributed by atoms with E-state index >= 15 is 0 Å². The molecule has 1 radical (unpaired) electrons. The average Bonchev–Trinajstić information content (AvgIpc) is 2.56. The number of rotatable bonds is 1. The summed E-state index contributed by atoms with van der Waals surface area (Å²) in [4.78, 5) is 0. The Kier molecular flexibility index (Phi) is 2.30. The quantitative estimate of drug-likeness (QED) is 0.694. The van der Waals surface area contributed by atoms with Crippen LogP contribution in [0.4, 0.5) is 0 Å². The average molecular weight is 212 g/mol. The molecule has 1 nitrogen and oxygen atoms in total. The van der Waals surface area contributed by atoms with E-state index in [1.807, 2.05) is 6.07 Å². The molecule has 65 valence electrons. The fourth-order valence-electron chi connectivity index (χ4n) is 1.09. The van der Waals surface area contributed by atoms with Crippen molar-refractivity contribution in [1.29, 1.82) is 0 Å². The van der Waals surface area contributed by atoms with Gasteiger partial charge in [-0.05, 0) is 18.2 Å². The molecule has 0 amide bonds. The lowest BCUT2D eigenvalue weighted by Crippen LogP contribution is -1.75. The number of halogens is 2. The van der Waals surface area contributed by atoms with Gasteiger partial charge in [0.05, 0.1) is 6.26 Å². The molecule has 13 heavy (non-hydrogen) atoms. The lowest BCUT2D eigenvalue weighted by Gasteiger charge is -2.00. The van der Waals surface area contributed by atoms with Crippen LogP contribution in [0.2, 0.25) is 10.0 Å². The predicted octanol–water partition coefficient (Wildman–Crippen LogP) is 4.05. The van der Waals surface area contributed by atoms with Gasteiger partial charge in [0.2, 0.25) is 0 Å². The largest absolute Gasteiger partial charge is 0.460 e. The van der Waals surface area contributed by atoms with Crippen molar-refractivity contribution >= 4 is 23.2 Å². The monoisotopic (exact) mass is 211 g/mol. The second kappa shape index (κ2) is 3.44. The smallest absolute Gasteiger partial charge is 0.169 e. The van der Waals surface area contributed by atoms with Crippen LogP contribution in [0.1, 0.15) is 0 Å². The molecule has 0 atom stereocenters. The van der Waals surface area contributed by atoms with E-state index in [1.165, 1.54) is 0 Å². The number of hydrogen-bond acceptors (Lipinski definition) is 1. The van der Waals surface area contributed by atoms with Crippen molar-refractivity contribution in [2.24, 2.45) is 0 Å². The molecule has 0 fully saturated rings. The second-order valence-corrected chi connectivity index (χ2v) is 3.42. The SMILES string of the molecule is Clc1ccc(-c2c[c]oc2)c(Cl)c1. The molecule has 2 rings (SSSR count). The van der Waals surface area contributed by atoms with Gasteiger partial charge in [0.15, 0.2) is 6.26 Å². The zero-order valence-corrected chi connectivity index (χ0v) is 8.06. The molecule has 0 saturated heterocycles. The maximum absolute atomic E-state index is 5.98. The van der Waals surface area contributed by atoms with Crippen LogP contribution in [0.15, 0.2) is 34.9 Å². The van der Waals surface area contributed by atoms with E-state index in [2.05, 4.69) is 6.26 Å². The standard InChI is InChI=1S/C10H5Cl2O/c11-8-1-2-9(10(12)5-8)7-3-4-13-6-7/h1-3,5-6H. The Morgan fingerprint density at radius 1 is 1.23 bits per heavy atom. The first kappa shape index (κ1) is 8.67. The molecule has 0 aliphatic heterocycles. The highest BCUT2D eigenvalue weighted by molar-refractivity contribution is 6.36. The normalized spacial score (nSPS) is 10.3. The van der Waals surface area contributed by atoms with Crippen LogP contribution < -0.4 is 0 Å². The molecule has 2 aromatic rings. The summed E-state index contributed by atoms with van der Waals surface area (Å²) >= 11 is 11.7. The first-order valence-electron chi connectivity index (χ1n) is 3.67. The summed E-state index contributed by atoms with van der Waals surface area (Å²) in [5.74, 6) is 0. The second-order valence-electron chi connectivity index (χ2n) is 2.58. The summed E-state index contributed by atoms with van der Waals surface area (Å²) in [7, 11) is 0. The molecule has 0 spiro atoms. The molecular formula is C10H5Cl2O. The fourth-order valence-corrected chi connectivity index (χ4v) is 1.61. The Hall–Kier alpha value is -0.920. The van der Waals surface area contributed by atoms with Crippen molar-refractivity contribution in [3.8, 4) is 11.1 Å². The molecule has 0 saturated carbocycles. The first-order valence-corrected chi connectivity index (χ1v) is 4.43. The molecule has 1 heterocycles. The summed E-state index contributed by atoms with van der Waals surface area (Å²) < 4.78 is 4.84. The van der Waals surface area contributed by atoms with Crippen LogP contribution in [-0.2, 0) is 0 Å². The van der Waals surface area contributed by atoms with Gasteiger partial charge in [0.1, 0.15) is 0 Å². The van der Waals surface area contributed by atoms with Crippen LogP contribution in [0.25, 0.3) is 11.1 Å². The number of benzene rings is 1. The lowest BCUT2D eigenvalue weighted by atomic mass is 10.1. The Bertz CT molecular complexity index is 407. The minimum absolute atomic E-state index is 0.613. The highest BCUT2D eigenvalue weighted by atomic mass is 35.5. The van der Waals surface area contributed by atoms with Crippen LogP contribution in [0.5, 0.6) is 0 Å². The van der Waals surface area contributed by atoms with Crippen molar-refractivity contribution in [2.45, 2.75) is 0 Å². The Morgan fingerprint density at radius 2 is 2.08 bits per heavy atom. The van der Waals surface area contributed by atoms with Gasteiger partial charge in [-0.3, -0.25) is 0 Å². The molecule has 0 unspecified atom stereocenters. The number of furan rings is 1. The first-order chi connectivity index (χ1) is 6.27. The van der Waals surface area contributed by atoms with Crippen LogP contribution in [0, 0.1) is 6.26 Å². The summed E-state index contributed by atoms with van der Waals surface area (Å²) in [6.07, 6.45) is 4.20. The third-order valence-electron chi connectivity index (χ3n) is 1.71. The molecule has 0 bridgehead atoms. The van der Waals surface area contributed by atoms with Crippen molar-refractivity contribution in [2.75, 3.05) is 0 Å². The Morgan fingerprint density at radius 3 is 2.69 bits per heavy atom. The van der Waals surface area contributed by atoms with Gasteiger partial charge in [-0.2, -0.15) is 0 Å². The van der Waals surface area contributed by atoms with Crippen LogP contribution >= 0.6 is 23.2 Å². The molecule has 1 aromatic heterocycles. The summed E-state index contributed by atoms with van der Waals surface area (Å²) in [6.45, 7) is 0. The van der Waals surface area contributed by atoms with E-state index in [0.29, 0.717) is 10.0 Å². The molecule has 0 aliphatic rings. The highest BCUT2D eigenvalue weighted by Gasteiger charge is 2.04. The zero-order valence-electron chi connectivity index (χ0n) is 6.55. The third-order valence-corrected chi connectivity index (χ3v) is 2.26. The van der Waals surface area contributed by atoms with Gasteiger partial charge in [-0.1, -0.05) is 29.3 Å². The fraction of sp³-hybridized carbons (Fsp3) is 0. The Labute approximate surface area is 85.9 Å². The van der Waals surface area contributed by atoms with Crippen LogP contribution in [-0.4, -0.2) is 0 Å². The van der Waals surface area contributed by atoms with Crippen LogP contribution in [0.3, 0.4) is 0 Å². The van der Waals surface area contributed by atoms with Crippen molar-refractivity contribution in [3.63, 3.8) is 0 Å². The van der Waals surface area contributed by atoms with Crippen molar-refractivity contribution in [1.82, 2.24) is 0 Å². The van der Waals surface area contributed by atoms with Gasteiger partial charge in [0.25, 0.3) is 0 Å². The van der Waals surface area contributed by atoms with Crippen molar-refractivity contribution in [3.05, 3.63) is 46.8 Å². The van der Waals surface area contributed by atoms with Gasteiger partial charge in [-0.25, -0.2) is 0 Å². The van der Waals surface area contributed by atoms with Crippen molar-refractivity contribution < 1.29 is 4.42 Å². The summed E-state index contributed by atoms with van der Waals surface area (Å²) in [6, 6.07) is 7.07. The van der Waals surface area contributed by atoms with Gasteiger partial charge in [-0.15, -0.1) is 0 Å². The van der Waals surface area contributed by atoms with E-state index in [4.69, 9.17) is 27.6 Å². The molecule has 0 aliphatic carbocycles. The molecule has 3 heteroatoms. The molecule has 0 N–H and O–H groups in total. The van der Waals surface area contributed by atoms with Gasteiger partial charge in [0, 0.05) is 21.2 Å². The highest BCUT2D eigenvalue weighted by Crippen LogP contribution is 2.30. The Balaban J connectivity index is 2.53. The molecule has 1 aromatic carbocycles. The minimum Gasteiger partial charge on any atom is -0.460 e. The minimum atomic E-state index is 0.613. The topological polar surface area (TPSA) is 13.1 Å². The summed E-state index contributed by atoms with van der Waals surface area (Å²) in [5.41, 5.74) is 1.80. The maximum Gasteiger partial charge on any atom is 0.169 e. The number of hydrogen-bond donors (Lipinski definition) is 0. The van der Waals surface area contributed by atoms with Gasteiger partial charge >= 0.3 is 0 Å². The lowest BCUT2D eigenvalue weighted by molar-refractivity contribution is 0.559. The maximum atomic E-state index is 5.98.